The minimum Gasteiger partial charge on any atom is -0.628 e. The molecule has 0 atom stereocenters. The summed E-state index contributed by atoms with van der Waals surface area (Å²) in [7, 11) is -3.98. The van der Waals surface area contributed by atoms with Gasteiger partial charge in [0.05, 0.1) is 11.1 Å². The van der Waals surface area contributed by atoms with E-state index in [1.165, 1.54) is 22.5 Å². The third-order valence-corrected chi connectivity index (χ3v) is 7.66. The van der Waals surface area contributed by atoms with Crippen molar-refractivity contribution < 1.29 is 13.6 Å². The van der Waals surface area contributed by atoms with Gasteiger partial charge in [-0.1, -0.05) is 24.3 Å². The van der Waals surface area contributed by atoms with Crippen molar-refractivity contribution in [2.45, 2.75) is 11.4 Å². The zero-order valence-electron chi connectivity index (χ0n) is 18.7. The van der Waals surface area contributed by atoms with E-state index in [4.69, 9.17) is 4.98 Å². The molecule has 0 radical (unpaired) electrons. The number of fused-ring (bicyclic) bond motifs is 4. The van der Waals surface area contributed by atoms with Crippen molar-refractivity contribution in [3.8, 4) is 11.1 Å². The Balaban J connectivity index is 1.54. The van der Waals surface area contributed by atoms with Gasteiger partial charge in [0.15, 0.2) is 5.65 Å². The zero-order valence-corrected chi connectivity index (χ0v) is 19.5. The molecule has 0 amide bonds. The average Bonchev–Trinajstić information content (AvgIpc) is 3.28. The Kier molecular flexibility index (Phi) is 6.47. The van der Waals surface area contributed by atoms with E-state index in [2.05, 4.69) is 15.7 Å². The number of hydrogen-bond acceptors (Lipinski definition) is 8. The molecule has 35 heavy (non-hydrogen) atoms. The largest absolute Gasteiger partial charge is 0.628 e. The van der Waals surface area contributed by atoms with Crippen LogP contribution in [0.5, 0.6) is 0 Å². The fourth-order valence-electron chi connectivity index (χ4n) is 4.04. The fraction of sp³-hybridized carbons (Fsp3) is 0.217. The third-order valence-electron chi connectivity index (χ3n) is 5.82. The van der Waals surface area contributed by atoms with Crippen LogP contribution in [0.4, 0.5) is 11.5 Å². The lowest BCUT2D eigenvalue weighted by Crippen LogP contribution is -2.96. The first kappa shape index (κ1) is 23.4. The highest BCUT2D eigenvalue weighted by Crippen LogP contribution is 2.27. The summed E-state index contributed by atoms with van der Waals surface area (Å²) in [6.07, 6.45) is 3.59. The number of anilines is 1. The number of sulfonamides is 1. The number of quaternary nitrogens is 1. The maximum absolute atomic E-state index is 13.5. The molecule has 3 N–H and O–H groups in total. The molecule has 2 aromatic heterocycles. The molecule has 4 bridgehead atoms. The molecule has 3 heterocycles. The monoisotopic (exact) mass is 494 g/mol. The molecule has 0 saturated carbocycles. The minimum atomic E-state index is -3.98. The highest BCUT2D eigenvalue weighted by Gasteiger charge is 2.25. The van der Waals surface area contributed by atoms with Crippen molar-refractivity contribution in [3.05, 3.63) is 83.0 Å². The summed E-state index contributed by atoms with van der Waals surface area (Å²) in [6, 6.07) is 14.7. The predicted molar refractivity (Wildman–Crippen MR) is 131 cm³/mol. The van der Waals surface area contributed by atoms with Gasteiger partial charge in [0.25, 0.3) is 0 Å². The SMILES string of the molecule is O=S(=O)(c1cccc([NH+]([O-])[O-])c1)N1CCNCCNc2ccn3ncc(c3n2)-c2cccc(c2)C1. The van der Waals surface area contributed by atoms with Gasteiger partial charge in [-0.15, -0.1) is 0 Å². The molecule has 1 aliphatic heterocycles. The first-order valence-corrected chi connectivity index (χ1v) is 12.6. The average molecular weight is 495 g/mol. The summed E-state index contributed by atoms with van der Waals surface area (Å²) >= 11 is 0. The Morgan fingerprint density at radius 1 is 1.00 bits per heavy atom. The molecule has 5 rings (SSSR count). The van der Waals surface area contributed by atoms with Crippen LogP contribution >= 0.6 is 0 Å². The van der Waals surface area contributed by atoms with Crippen LogP contribution in [0.3, 0.4) is 0 Å². The summed E-state index contributed by atoms with van der Waals surface area (Å²) in [6.45, 7) is 1.93. The van der Waals surface area contributed by atoms with Crippen LogP contribution in [0.25, 0.3) is 16.8 Å². The molecule has 12 heteroatoms. The maximum atomic E-state index is 13.5. The number of hydrogen-bond donors (Lipinski definition) is 3. The van der Waals surface area contributed by atoms with Crippen molar-refractivity contribution >= 4 is 27.2 Å². The van der Waals surface area contributed by atoms with E-state index >= 15 is 0 Å². The second-order valence-corrected chi connectivity index (χ2v) is 10.1. The molecule has 0 unspecified atom stereocenters. The van der Waals surface area contributed by atoms with Gasteiger partial charge in [0.1, 0.15) is 11.5 Å². The zero-order chi connectivity index (χ0) is 24.4. The van der Waals surface area contributed by atoms with Crippen LogP contribution in [-0.2, 0) is 16.6 Å². The molecule has 0 aliphatic carbocycles. The molecular formula is C23H24N7O4S-. The van der Waals surface area contributed by atoms with Crippen molar-refractivity contribution in [1.82, 2.24) is 24.2 Å². The standard InChI is InChI=1S/C23H24N7O4S/c31-30(32)19-5-2-6-20(14-19)35(33,34)28-12-10-24-8-9-25-22-7-11-29-23(27-22)21(15-26-29)18-4-1-3-17(13-18)16-28/h1-7,11,13-15,24,30H,8-10,12,16H2,(H,25,27)/q-1. The van der Waals surface area contributed by atoms with E-state index in [-0.39, 0.29) is 23.7 Å². The lowest BCUT2D eigenvalue weighted by molar-refractivity contribution is -0.715. The van der Waals surface area contributed by atoms with E-state index in [1.807, 2.05) is 36.5 Å². The number of rotatable bonds is 3. The highest BCUT2D eigenvalue weighted by molar-refractivity contribution is 7.89. The number of nitrogens with one attached hydrogen (secondary N) is 3. The molecular weight excluding hydrogens is 470 g/mol. The fourth-order valence-corrected chi connectivity index (χ4v) is 5.51. The van der Waals surface area contributed by atoms with E-state index in [1.54, 1.807) is 10.7 Å². The Bertz CT molecular complexity index is 1460. The second kappa shape index (κ2) is 9.70. The summed E-state index contributed by atoms with van der Waals surface area (Å²) in [5.74, 6) is 0.726. The van der Waals surface area contributed by atoms with Gasteiger partial charge in [-0.3, -0.25) is 0 Å². The van der Waals surface area contributed by atoms with Gasteiger partial charge < -0.3 is 26.3 Å². The van der Waals surface area contributed by atoms with Gasteiger partial charge in [-0.25, -0.2) is 17.9 Å². The molecule has 4 aromatic rings. The minimum absolute atomic E-state index is 0.0893. The number of nitrogens with zero attached hydrogens (tertiary/aromatic N) is 4. The molecule has 2 aromatic carbocycles. The Morgan fingerprint density at radius 2 is 1.86 bits per heavy atom. The molecule has 11 nitrogen and oxygen atoms in total. The van der Waals surface area contributed by atoms with Crippen LogP contribution in [0.15, 0.2) is 71.9 Å². The molecule has 0 fully saturated rings. The van der Waals surface area contributed by atoms with Crippen LogP contribution in [0.1, 0.15) is 5.56 Å². The van der Waals surface area contributed by atoms with E-state index in [0.717, 1.165) is 28.6 Å². The second-order valence-electron chi connectivity index (χ2n) is 8.17. The Morgan fingerprint density at radius 3 is 2.71 bits per heavy atom. The third kappa shape index (κ3) is 4.89. The van der Waals surface area contributed by atoms with Crippen LogP contribution < -0.4 is 15.9 Å². The van der Waals surface area contributed by atoms with Crippen molar-refractivity contribution in [2.75, 3.05) is 31.5 Å². The van der Waals surface area contributed by atoms with Crippen LogP contribution in [0, 0.1) is 10.4 Å². The molecule has 0 spiro atoms. The van der Waals surface area contributed by atoms with E-state index in [9.17, 15) is 18.8 Å². The lowest BCUT2D eigenvalue weighted by atomic mass is 10.1. The molecule has 0 saturated heterocycles. The van der Waals surface area contributed by atoms with Gasteiger partial charge in [0, 0.05) is 50.6 Å². The summed E-state index contributed by atoms with van der Waals surface area (Å²) in [4.78, 5) is 4.61. The van der Waals surface area contributed by atoms with Crippen LogP contribution in [-0.4, -0.2) is 53.5 Å². The van der Waals surface area contributed by atoms with Gasteiger partial charge in [-0.2, -0.15) is 9.40 Å². The normalized spacial score (nSPS) is 15.6. The summed E-state index contributed by atoms with van der Waals surface area (Å²) < 4.78 is 30.1. The number of benzene rings is 2. The lowest BCUT2D eigenvalue weighted by Gasteiger charge is -2.26. The topological polar surface area (TPSA) is 142 Å². The van der Waals surface area contributed by atoms with Crippen molar-refractivity contribution in [1.29, 1.82) is 0 Å². The smallest absolute Gasteiger partial charge is 0.243 e. The van der Waals surface area contributed by atoms with Gasteiger partial charge in [-0.05, 0) is 35.4 Å². The molecule has 182 valence electrons. The first-order chi connectivity index (χ1) is 16.9. The predicted octanol–water partition coefficient (Wildman–Crippen LogP) is 1.11. The van der Waals surface area contributed by atoms with Gasteiger partial charge in [0.2, 0.25) is 10.0 Å². The van der Waals surface area contributed by atoms with E-state index < -0.39 is 15.2 Å². The van der Waals surface area contributed by atoms with Crippen molar-refractivity contribution in [2.24, 2.45) is 0 Å². The quantitative estimate of drug-likeness (QED) is 0.360. The summed E-state index contributed by atoms with van der Waals surface area (Å²) in [5.41, 5.74) is 2.99. The number of aromatic nitrogens is 3. The first-order valence-electron chi connectivity index (χ1n) is 11.1. The Labute approximate surface area is 202 Å². The molecule has 1 aliphatic rings. The van der Waals surface area contributed by atoms with Gasteiger partial charge >= 0.3 is 0 Å². The summed E-state index contributed by atoms with van der Waals surface area (Å²) in [5, 5.41) is 32.1. The van der Waals surface area contributed by atoms with Crippen LogP contribution in [0.2, 0.25) is 0 Å². The maximum Gasteiger partial charge on any atom is 0.243 e. The Hall–Kier alpha value is -3.39. The highest BCUT2D eigenvalue weighted by atomic mass is 32.2. The van der Waals surface area contributed by atoms with E-state index in [0.29, 0.717) is 25.3 Å². The van der Waals surface area contributed by atoms with Crippen molar-refractivity contribution in [3.63, 3.8) is 0 Å².